The van der Waals surface area contributed by atoms with E-state index in [1.54, 1.807) is 6.07 Å². The second-order valence-corrected chi connectivity index (χ2v) is 9.07. The van der Waals surface area contributed by atoms with Gasteiger partial charge in [-0.15, -0.1) is 0 Å². The highest BCUT2D eigenvalue weighted by atomic mass is 19.4. The highest BCUT2D eigenvalue weighted by Crippen LogP contribution is 2.40. The number of aromatic nitrogens is 2. The van der Waals surface area contributed by atoms with E-state index in [0.29, 0.717) is 30.4 Å². The van der Waals surface area contributed by atoms with E-state index in [-0.39, 0.29) is 5.69 Å². The average Bonchev–Trinajstić information content (AvgIpc) is 3.28. The minimum Gasteiger partial charge on any atom is -0.399 e. The van der Waals surface area contributed by atoms with Crippen molar-refractivity contribution in [3.8, 4) is 0 Å². The van der Waals surface area contributed by atoms with Crippen LogP contribution in [0.4, 0.5) is 30.4 Å². The maximum atomic E-state index is 13.3. The molecule has 2 aromatic carbocycles. The number of nitrogens with one attached hydrogen (secondary N) is 1. The molecule has 1 atom stereocenters. The fourth-order valence-electron chi connectivity index (χ4n) is 5.03. The molecule has 0 saturated carbocycles. The third kappa shape index (κ3) is 4.24. The number of nitrogen functional groups attached to an aromatic ring is 1. The summed E-state index contributed by atoms with van der Waals surface area (Å²) >= 11 is 0. The SMILES string of the molecule is Cc1nc(NC(C)c2cc(N)cc(C(F)(F)F)c2)c2cc(N3CCOCC3)c3c(c2n1)CCC3. The van der Waals surface area contributed by atoms with Crippen LogP contribution in [0.1, 0.15) is 47.5 Å². The van der Waals surface area contributed by atoms with Gasteiger partial charge in [-0.25, -0.2) is 9.97 Å². The maximum Gasteiger partial charge on any atom is 0.416 e. The molecule has 2 aliphatic rings. The number of morpholine rings is 1. The molecule has 6 nitrogen and oxygen atoms in total. The molecule has 180 valence electrons. The van der Waals surface area contributed by atoms with Crippen LogP contribution in [0.5, 0.6) is 0 Å². The summed E-state index contributed by atoms with van der Waals surface area (Å²) in [6.07, 6.45) is -1.41. The van der Waals surface area contributed by atoms with E-state index in [4.69, 9.17) is 15.5 Å². The van der Waals surface area contributed by atoms with E-state index in [9.17, 15) is 13.2 Å². The molecule has 0 bridgehead atoms. The number of ether oxygens (including phenoxy) is 1. The van der Waals surface area contributed by atoms with Gasteiger partial charge in [-0.2, -0.15) is 13.2 Å². The Balaban J connectivity index is 1.58. The smallest absolute Gasteiger partial charge is 0.399 e. The van der Waals surface area contributed by atoms with Crippen molar-refractivity contribution in [2.24, 2.45) is 0 Å². The number of hydrogen-bond donors (Lipinski definition) is 2. The highest BCUT2D eigenvalue weighted by molar-refractivity contribution is 5.96. The van der Waals surface area contributed by atoms with Gasteiger partial charge in [0.1, 0.15) is 11.6 Å². The number of fused-ring (bicyclic) bond motifs is 3. The zero-order valence-corrected chi connectivity index (χ0v) is 19.3. The van der Waals surface area contributed by atoms with Crippen LogP contribution in [0, 0.1) is 6.92 Å². The van der Waals surface area contributed by atoms with E-state index >= 15 is 0 Å². The quantitative estimate of drug-likeness (QED) is 0.520. The lowest BCUT2D eigenvalue weighted by molar-refractivity contribution is -0.137. The number of rotatable bonds is 4. The Labute approximate surface area is 196 Å². The van der Waals surface area contributed by atoms with E-state index in [1.807, 2.05) is 13.8 Å². The van der Waals surface area contributed by atoms with E-state index in [1.165, 1.54) is 16.8 Å². The molecule has 34 heavy (non-hydrogen) atoms. The Morgan fingerprint density at radius 2 is 1.79 bits per heavy atom. The molecule has 3 aromatic rings. The van der Waals surface area contributed by atoms with E-state index in [2.05, 4.69) is 21.3 Å². The van der Waals surface area contributed by atoms with Crippen LogP contribution >= 0.6 is 0 Å². The van der Waals surface area contributed by atoms with Crippen molar-refractivity contribution in [3.05, 3.63) is 52.3 Å². The number of anilines is 3. The van der Waals surface area contributed by atoms with E-state index < -0.39 is 17.8 Å². The molecule has 0 radical (unpaired) electrons. The molecule has 9 heteroatoms. The van der Waals surface area contributed by atoms with Crippen molar-refractivity contribution in [1.82, 2.24) is 9.97 Å². The van der Waals surface area contributed by atoms with Gasteiger partial charge in [0.05, 0.1) is 30.3 Å². The summed E-state index contributed by atoms with van der Waals surface area (Å²) < 4.78 is 45.6. The van der Waals surface area contributed by atoms with Gasteiger partial charge >= 0.3 is 6.18 Å². The summed E-state index contributed by atoms with van der Waals surface area (Å²) in [6, 6.07) is 5.36. The first-order valence-corrected chi connectivity index (χ1v) is 11.6. The number of hydrogen-bond acceptors (Lipinski definition) is 6. The number of nitrogens with two attached hydrogens (primary N) is 1. The molecule has 1 saturated heterocycles. The second-order valence-electron chi connectivity index (χ2n) is 9.07. The van der Waals surface area contributed by atoms with Crippen molar-refractivity contribution in [2.75, 3.05) is 42.3 Å². The standard InChI is InChI=1S/C25H28F3N5O/c1-14(16-10-17(25(26,27)28)12-18(29)11-16)30-24-21-13-22(33-6-8-34-9-7-33)19-4-3-5-20(19)23(21)31-15(2)32-24/h10-14H,3-9,29H2,1-2H3,(H,30,31,32). The Hall–Kier alpha value is -3.07. The van der Waals surface area contributed by atoms with Crippen molar-refractivity contribution < 1.29 is 17.9 Å². The molecule has 1 unspecified atom stereocenters. The van der Waals surface area contributed by atoms with Crippen LogP contribution in [0.15, 0.2) is 24.3 Å². The summed E-state index contributed by atoms with van der Waals surface area (Å²) in [4.78, 5) is 11.8. The van der Waals surface area contributed by atoms with Crippen molar-refractivity contribution in [2.45, 2.75) is 45.3 Å². The Morgan fingerprint density at radius 1 is 1.06 bits per heavy atom. The molecular weight excluding hydrogens is 443 g/mol. The second kappa shape index (κ2) is 8.61. The van der Waals surface area contributed by atoms with Gasteiger partial charge in [-0.3, -0.25) is 0 Å². The lowest BCUT2D eigenvalue weighted by atomic mass is 10.0. The monoisotopic (exact) mass is 471 g/mol. The highest BCUT2D eigenvalue weighted by Gasteiger charge is 2.32. The fraction of sp³-hybridized carbons (Fsp3) is 0.440. The molecule has 0 spiro atoms. The molecule has 1 aliphatic carbocycles. The number of alkyl halides is 3. The number of benzene rings is 2. The van der Waals surface area contributed by atoms with Gasteiger partial charge in [0.15, 0.2) is 0 Å². The predicted molar refractivity (Wildman–Crippen MR) is 127 cm³/mol. The zero-order valence-electron chi connectivity index (χ0n) is 19.3. The van der Waals surface area contributed by atoms with E-state index in [0.717, 1.165) is 55.4 Å². The molecule has 1 fully saturated rings. The molecule has 0 amide bonds. The molecule has 5 rings (SSSR count). The number of aryl methyl sites for hydroxylation is 2. The maximum absolute atomic E-state index is 13.3. The van der Waals surface area contributed by atoms with Gasteiger partial charge < -0.3 is 20.7 Å². The van der Waals surface area contributed by atoms with Crippen LogP contribution in [0.25, 0.3) is 10.9 Å². The first-order valence-electron chi connectivity index (χ1n) is 11.6. The molecular formula is C25H28F3N5O. The fourth-order valence-corrected chi connectivity index (χ4v) is 5.03. The molecule has 3 N–H and O–H groups in total. The third-order valence-electron chi connectivity index (χ3n) is 6.66. The van der Waals surface area contributed by atoms with Crippen LogP contribution in [-0.4, -0.2) is 36.3 Å². The lowest BCUT2D eigenvalue weighted by Crippen LogP contribution is -2.36. The normalized spacial score (nSPS) is 17.1. The minimum absolute atomic E-state index is 0.0784. The summed E-state index contributed by atoms with van der Waals surface area (Å²) in [7, 11) is 0. The van der Waals surface area contributed by atoms with Gasteiger partial charge in [-0.05, 0) is 74.1 Å². The Kier molecular flexibility index (Phi) is 5.75. The van der Waals surface area contributed by atoms with Crippen LogP contribution in [0.2, 0.25) is 0 Å². The Bertz CT molecular complexity index is 1240. The largest absolute Gasteiger partial charge is 0.416 e. The third-order valence-corrected chi connectivity index (χ3v) is 6.66. The molecule has 1 aliphatic heterocycles. The summed E-state index contributed by atoms with van der Waals surface area (Å²) in [5.41, 5.74) is 10.3. The first kappa shape index (κ1) is 22.7. The summed E-state index contributed by atoms with van der Waals surface area (Å²) in [5.74, 6) is 1.24. The first-order chi connectivity index (χ1) is 16.2. The Morgan fingerprint density at radius 3 is 2.53 bits per heavy atom. The van der Waals surface area contributed by atoms with Crippen LogP contribution < -0.4 is 16.0 Å². The molecule has 1 aromatic heterocycles. The summed E-state index contributed by atoms with van der Waals surface area (Å²) in [5, 5.41) is 4.24. The van der Waals surface area contributed by atoms with Crippen LogP contribution in [-0.2, 0) is 23.8 Å². The number of nitrogens with zero attached hydrogens (tertiary/aromatic N) is 3. The van der Waals surface area contributed by atoms with Crippen molar-refractivity contribution in [1.29, 1.82) is 0 Å². The van der Waals surface area contributed by atoms with Gasteiger partial charge in [0, 0.05) is 29.9 Å². The van der Waals surface area contributed by atoms with Gasteiger partial charge in [-0.1, -0.05) is 0 Å². The zero-order chi connectivity index (χ0) is 24.0. The topological polar surface area (TPSA) is 76.3 Å². The van der Waals surface area contributed by atoms with Gasteiger partial charge in [0.25, 0.3) is 0 Å². The lowest BCUT2D eigenvalue weighted by Gasteiger charge is -2.31. The van der Waals surface area contributed by atoms with Crippen molar-refractivity contribution in [3.63, 3.8) is 0 Å². The minimum atomic E-state index is -4.46. The van der Waals surface area contributed by atoms with Crippen molar-refractivity contribution >= 4 is 28.1 Å². The van der Waals surface area contributed by atoms with Crippen LogP contribution in [0.3, 0.4) is 0 Å². The summed E-state index contributed by atoms with van der Waals surface area (Å²) in [6.45, 7) is 6.69. The predicted octanol–water partition coefficient (Wildman–Crippen LogP) is 5.04. The average molecular weight is 472 g/mol. The number of halogens is 3. The van der Waals surface area contributed by atoms with Gasteiger partial charge in [0.2, 0.25) is 0 Å². The molecule has 2 heterocycles.